The summed E-state index contributed by atoms with van der Waals surface area (Å²) in [6.07, 6.45) is 0.292. The molecule has 1 unspecified atom stereocenters. The van der Waals surface area contributed by atoms with E-state index in [2.05, 4.69) is 5.32 Å². The first-order chi connectivity index (χ1) is 10.3. The Morgan fingerprint density at radius 2 is 1.70 bits per heavy atom. The van der Waals surface area contributed by atoms with Gasteiger partial charge < -0.3 is 15.8 Å². The number of ether oxygens (including phenoxy) is 1. The molecule has 0 aromatic heterocycles. The van der Waals surface area contributed by atoms with E-state index in [0.29, 0.717) is 12.0 Å². The summed E-state index contributed by atoms with van der Waals surface area (Å²) in [4.78, 5) is 24.4. The monoisotopic (exact) mass is 342 g/mol. The average Bonchev–Trinajstić information content (AvgIpc) is 2.45. The molecular weight excluding hydrogens is 316 g/mol. The molecule has 0 heterocycles. The minimum Gasteiger partial charge on any atom is -0.461 e. The van der Waals surface area contributed by atoms with Gasteiger partial charge in [0, 0.05) is 0 Å². The van der Waals surface area contributed by atoms with Crippen LogP contribution >= 0.6 is 12.4 Å². The fraction of sp³-hybridized carbons (Fsp3) is 0.529. The number of nitrogens with two attached hydrogens (primary N) is 1. The molecule has 2 atom stereocenters. The van der Waals surface area contributed by atoms with Gasteiger partial charge in [-0.25, -0.2) is 4.79 Å². The van der Waals surface area contributed by atoms with Crippen molar-refractivity contribution in [2.75, 3.05) is 0 Å². The highest BCUT2D eigenvalue weighted by Gasteiger charge is 2.26. The van der Waals surface area contributed by atoms with E-state index in [0.717, 1.165) is 0 Å². The Bertz CT molecular complexity index is 492. The van der Waals surface area contributed by atoms with Crippen LogP contribution in [0, 0.1) is 5.92 Å². The van der Waals surface area contributed by atoms with Crippen LogP contribution in [0.3, 0.4) is 0 Å². The second-order valence-corrected chi connectivity index (χ2v) is 6.06. The van der Waals surface area contributed by atoms with Crippen molar-refractivity contribution in [1.82, 2.24) is 5.32 Å². The highest BCUT2D eigenvalue weighted by molar-refractivity contribution is 5.88. The van der Waals surface area contributed by atoms with Crippen molar-refractivity contribution in [1.29, 1.82) is 0 Å². The number of hydrogen-bond acceptors (Lipinski definition) is 4. The van der Waals surface area contributed by atoms with Crippen LogP contribution in [0.4, 0.5) is 0 Å². The molecule has 23 heavy (non-hydrogen) atoms. The molecule has 130 valence electrons. The highest BCUT2D eigenvalue weighted by atomic mass is 35.5. The molecule has 3 N–H and O–H groups in total. The molecule has 1 amide bonds. The Labute approximate surface area is 144 Å². The molecule has 0 bridgehead atoms. The third-order valence-electron chi connectivity index (χ3n) is 3.10. The molecule has 6 heteroatoms. The van der Waals surface area contributed by atoms with Crippen LogP contribution < -0.4 is 11.1 Å². The van der Waals surface area contributed by atoms with Crippen LogP contribution in [0.15, 0.2) is 30.3 Å². The lowest BCUT2D eigenvalue weighted by molar-refractivity contribution is -0.152. The van der Waals surface area contributed by atoms with Crippen molar-refractivity contribution in [3.8, 4) is 0 Å². The van der Waals surface area contributed by atoms with E-state index in [1.165, 1.54) is 0 Å². The van der Waals surface area contributed by atoms with Crippen molar-refractivity contribution >= 4 is 24.3 Å². The molecule has 0 aliphatic rings. The molecule has 1 aromatic rings. The molecule has 0 spiro atoms. The first kappa shape index (κ1) is 21.4. The summed E-state index contributed by atoms with van der Waals surface area (Å²) in [5.74, 6) is -0.548. The number of hydrogen-bond donors (Lipinski definition) is 2. The van der Waals surface area contributed by atoms with E-state index in [9.17, 15) is 9.59 Å². The molecule has 0 saturated carbocycles. The van der Waals surface area contributed by atoms with Crippen LogP contribution in [0.1, 0.15) is 45.7 Å². The topological polar surface area (TPSA) is 81.4 Å². The summed E-state index contributed by atoms with van der Waals surface area (Å²) >= 11 is 0. The summed E-state index contributed by atoms with van der Waals surface area (Å²) in [5, 5.41) is 2.71. The van der Waals surface area contributed by atoms with E-state index in [1.54, 1.807) is 26.0 Å². The van der Waals surface area contributed by atoms with Gasteiger partial charge in [-0.1, -0.05) is 44.2 Å². The van der Waals surface area contributed by atoms with Gasteiger partial charge in [-0.2, -0.15) is 0 Å². The molecule has 5 nitrogen and oxygen atoms in total. The van der Waals surface area contributed by atoms with Gasteiger partial charge >= 0.3 is 5.97 Å². The van der Waals surface area contributed by atoms with E-state index < -0.39 is 18.1 Å². The third-order valence-corrected chi connectivity index (χ3v) is 3.10. The lowest BCUT2D eigenvalue weighted by atomic mass is 10.0. The van der Waals surface area contributed by atoms with Gasteiger partial charge in [-0.3, -0.25) is 4.79 Å². The summed E-state index contributed by atoms with van der Waals surface area (Å²) in [6.45, 7) is 7.53. The number of rotatable bonds is 7. The van der Waals surface area contributed by atoms with Crippen molar-refractivity contribution in [2.45, 2.75) is 52.3 Å². The molecule has 0 radical (unpaired) electrons. The van der Waals surface area contributed by atoms with E-state index in [1.807, 2.05) is 32.0 Å². The SMILES string of the molecule is CC(C)C[C@H](NC(=O)C(N)c1ccccc1)C(=O)OC(C)C.Cl. The summed E-state index contributed by atoms with van der Waals surface area (Å²) < 4.78 is 5.21. The number of amides is 1. The Hall–Kier alpha value is -1.59. The zero-order valence-electron chi connectivity index (χ0n) is 14.1. The maximum absolute atomic E-state index is 12.3. The second-order valence-electron chi connectivity index (χ2n) is 6.06. The molecular formula is C17H27ClN2O3. The zero-order chi connectivity index (χ0) is 16.7. The highest BCUT2D eigenvalue weighted by Crippen LogP contribution is 2.12. The predicted molar refractivity (Wildman–Crippen MR) is 93.2 cm³/mol. The summed E-state index contributed by atoms with van der Waals surface area (Å²) in [5.41, 5.74) is 6.66. The quantitative estimate of drug-likeness (QED) is 0.746. The predicted octanol–water partition coefficient (Wildman–Crippen LogP) is 2.59. The van der Waals surface area contributed by atoms with Crippen molar-refractivity contribution in [3.05, 3.63) is 35.9 Å². The van der Waals surface area contributed by atoms with Crippen LogP contribution in [0.25, 0.3) is 0 Å². The molecule has 1 rings (SSSR count). The van der Waals surface area contributed by atoms with Crippen molar-refractivity contribution < 1.29 is 14.3 Å². The van der Waals surface area contributed by atoms with Crippen LogP contribution in [-0.2, 0) is 14.3 Å². The van der Waals surface area contributed by atoms with E-state index in [-0.39, 0.29) is 30.3 Å². The first-order valence-electron chi connectivity index (χ1n) is 7.62. The van der Waals surface area contributed by atoms with Gasteiger partial charge in [0.2, 0.25) is 5.91 Å². The summed E-state index contributed by atoms with van der Waals surface area (Å²) in [6, 6.07) is 7.59. The van der Waals surface area contributed by atoms with Gasteiger partial charge in [0.05, 0.1) is 6.10 Å². The van der Waals surface area contributed by atoms with Gasteiger partial charge in [0.1, 0.15) is 12.1 Å². The van der Waals surface area contributed by atoms with E-state index in [4.69, 9.17) is 10.5 Å². The maximum atomic E-state index is 12.3. The first-order valence-corrected chi connectivity index (χ1v) is 7.62. The molecule has 0 aliphatic heterocycles. The van der Waals surface area contributed by atoms with Crippen LogP contribution in [0.2, 0.25) is 0 Å². The molecule has 0 aliphatic carbocycles. The number of benzene rings is 1. The molecule has 1 aromatic carbocycles. The number of carbonyl (C=O) groups is 2. The number of nitrogens with one attached hydrogen (secondary N) is 1. The molecule has 0 saturated heterocycles. The lowest BCUT2D eigenvalue weighted by Crippen LogP contribution is -2.46. The van der Waals surface area contributed by atoms with Crippen LogP contribution in [-0.4, -0.2) is 24.0 Å². The Balaban J connectivity index is 0.00000484. The largest absolute Gasteiger partial charge is 0.461 e. The minimum atomic E-state index is -0.803. The van der Waals surface area contributed by atoms with Crippen molar-refractivity contribution in [3.63, 3.8) is 0 Å². The second kappa shape index (κ2) is 10.2. The Morgan fingerprint density at radius 3 is 2.17 bits per heavy atom. The normalized spacial score (nSPS) is 13.2. The Morgan fingerprint density at radius 1 is 1.13 bits per heavy atom. The smallest absolute Gasteiger partial charge is 0.328 e. The fourth-order valence-corrected chi connectivity index (χ4v) is 2.07. The minimum absolute atomic E-state index is 0. The zero-order valence-corrected chi connectivity index (χ0v) is 14.9. The maximum Gasteiger partial charge on any atom is 0.328 e. The van der Waals surface area contributed by atoms with Gasteiger partial charge in [-0.15, -0.1) is 12.4 Å². The fourth-order valence-electron chi connectivity index (χ4n) is 2.07. The third kappa shape index (κ3) is 7.48. The van der Waals surface area contributed by atoms with Crippen LogP contribution in [0.5, 0.6) is 0 Å². The number of carbonyl (C=O) groups excluding carboxylic acids is 2. The Kier molecular flexibility index (Phi) is 9.53. The van der Waals surface area contributed by atoms with Gasteiger partial charge in [0.15, 0.2) is 0 Å². The average molecular weight is 343 g/mol. The summed E-state index contributed by atoms with van der Waals surface area (Å²) in [7, 11) is 0. The van der Waals surface area contributed by atoms with E-state index >= 15 is 0 Å². The lowest BCUT2D eigenvalue weighted by Gasteiger charge is -2.22. The van der Waals surface area contributed by atoms with Gasteiger partial charge in [0.25, 0.3) is 0 Å². The van der Waals surface area contributed by atoms with Gasteiger partial charge in [-0.05, 0) is 31.7 Å². The van der Waals surface area contributed by atoms with Crippen molar-refractivity contribution in [2.24, 2.45) is 11.7 Å². The number of esters is 1. The molecule has 0 fully saturated rings. The standard InChI is InChI=1S/C17H26N2O3.ClH/c1-11(2)10-14(17(21)22-12(3)4)19-16(20)15(18)13-8-6-5-7-9-13;/h5-9,11-12,14-15H,10,18H2,1-4H3,(H,19,20);1H/t14-,15?;/m0./s1. The number of halogens is 1.